The van der Waals surface area contributed by atoms with Crippen molar-refractivity contribution in [2.24, 2.45) is 5.92 Å². The molecular formula is C13H14BrN3O2S. The van der Waals surface area contributed by atoms with Crippen LogP contribution in [0.5, 0.6) is 0 Å². The van der Waals surface area contributed by atoms with Crippen LogP contribution in [0.4, 0.5) is 11.4 Å². The first-order chi connectivity index (χ1) is 9.50. The Balaban J connectivity index is 2.39. The van der Waals surface area contributed by atoms with Crippen LogP contribution in [0.15, 0.2) is 34.4 Å². The molecule has 2 heterocycles. The van der Waals surface area contributed by atoms with Crippen molar-refractivity contribution in [1.29, 1.82) is 0 Å². The van der Waals surface area contributed by atoms with Gasteiger partial charge >= 0.3 is 5.69 Å². The number of aromatic nitrogens is 1. The summed E-state index contributed by atoms with van der Waals surface area (Å²) >= 11 is 4.97. The van der Waals surface area contributed by atoms with Crippen LogP contribution in [0.3, 0.4) is 0 Å². The van der Waals surface area contributed by atoms with Gasteiger partial charge in [-0.1, -0.05) is 19.9 Å². The molecule has 2 aromatic heterocycles. The molecule has 0 bridgehead atoms. The highest BCUT2D eigenvalue weighted by atomic mass is 79.9. The van der Waals surface area contributed by atoms with E-state index in [0.29, 0.717) is 16.1 Å². The fraction of sp³-hybridized carbons (Fsp3) is 0.308. The molecule has 1 atom stereocenters. The highest BCUT2D eigenvalue weighted by Crippen LogP contribution is 2.37. The van der Waals surface area contributed by atoms with Gasteiger partial charge < -0.3 is 5.32 Å². The van der Waals surface area contributed by atoms with Gasteiger partial charge in [-0.3, -0.25) is 15.1 Å². The third-order valence-corrected chi connectivity index (χ3v) is 4.45. The fourth-order valence-electron chi connectivity index (χ4n) is 1.90. The quantitative estimate of drug-likeness (QED) is 0.627. The number of anilines is 1. The zero-order valence-corrected chi connectivity index (χ0v) is 13.4. The summed E-state index contributed by atoms with van der Waals surface area (Å²) in [6.07, 6.45) is 2.82. The van der Waals surface area contributed by atoms with Crippen molar-refractivity contribution in [2.75, 3.05) is 5.32 Å². The molecule has 2 rings (SSSR count). The van der Waals surface area contributed by atoms with Gasteiger partial charge in [0.1, 0.15) is 11.9 Å². The second-order valence-electron chi connectivity index (χ2n) is 4.65. The summed E-state index contributed by atoms with van der Waals surface area (Å²) in [5.74, 6) is 0.299. The standard InChI is InChI=1S/C13H14BrN3O2S/c1-8(2)12(11-4-3-5-20-11)16-13-9(14)6-15-7-10(13)17(18)19/h3-8,12H,1-2H3,(H,15,16). The Hall–Kier alpha value is -1.47. The van der Waals surface area contributed by atoms with Gasteiger partial charge in [0.05, 0.1) is 15.4 Å². The Bertz CT molecular complexity index is 602. The molecule has 0 aliphatic carbocycles. The van der Waals surface area contributed by atoms with Crippen LogP contribution in [-0.4, -0.2) is 9.91 Å². The molecule has 20 heavy (non-hydrogen) atoms. The molecule has 1 unspecified atom stereocenters. The number of nitro groups is 1. The van der Waals surface area contributed by atoms with Crippen molar-refractivity contribution < 1.29 is 4.92 Å². The van der Waals surface area contributed by atoms with E-state index in [1.165, 1.54) is 6.20 Å². The van der Waals surface area contributed by atoms with Crippen LogP contribution in [-0.2, 0) is 0 Å². The van der Waals surface area contributed by atoms with Crippen molar-refractivity contribution in [2.45, 2.75) is 19.9 Å². The molecule has 2 aromatic rings. The summed E-state index contributed by atoms with van der Waals surface area (Å²) in [4.78, 5) is 15.7. The van der Waals surface area contributed by atoms with Crippen LogP contribution < -0.4 is 5.32 Å². The van der Waals surface area contributed by atoms with Gasteiger partial charge in [0.15, 0.2) is 0 Å². The maximum Gasteiger partial charge on any atom is 0.311 e. The largest absolute Gasteiger partial charge is 0.371 e. The van der Waals surface area contributed by atoms with Crippen LogP contribution in [0.2, 0.25) is 0 Å². The lowest BCUT2D eigenvalue weighted by Gasteiger charge is -2.22. The maximum absolute atomic E-state index is 11.1. The third kappa shape index (κ3) is 3.16. The summed E-state index contributed by atoms with van der Waals surface area (Å²) in [7, 11) is 0. The van der Waals surface area contributed by atoms with E-state index >= 15 is 0 Å². The molecule has 0 amide bonds. The Kier molecular flexibility index (Phi) is 4.72. The number of nitrogens with zero attached hydrogens (tertiary/aromatic N) is 2. The smallest absolute Gasteiger partial charge is 0.311 e. The zero-order valence-electron chi connectivity index (χ0n) is 11.0. The van der Waals surface area contributed by atoms with Crippen molar-refractivity contribution in [3.8, 4) is 0 Å². The van der Waals surface area contributed by atoms with Crippen molar-refractivity contribution in [3.63, 3.8) is 0 Å². The lowest BCUT2D eigenvalue weighted by Crippen LogP contribution is -2.17. The Morgan fingerprint density at radius 3 is 2.75 bits per heavy atom. The molecule has 1 N–H and O–H groups in total. The van der Waals surface area contributed by atoms with Crippen molar-refractivity contribution >= 4 is 38.6 Å². The van der Waals surface area contributed by atoms with E-state index in [4.69, 9.17) is 0 Å². The predicted molar refractivity (Wildman–Crippen MR) is 84.1 cm³/mol. The monoisotopic (exact) mass is 355 g/mol. The van der Waals surface area contributed by atoms with E-state index in [1.54, 1.807) is 17.5 Å². The SMILES string of the molecule is CC(C)C(Nc1c(Br)cncc1[N+](=O)[O-])c1cccs1. The second kappa shape index (κ2) is 6.32. The molecule has 5 nitrogen and oxygen atoms in total. The first-order valence-electron chi connectivity index (χ1n) is 6.08. The molecular weight excluding hydrogens is 342 g/mol. The molecule has 0 aliphatic rings. The highest BCUT2D eigenvalue weighted by molar-refractivity contribution is 9.10. The van der Waals surface area contributed by atoms with E-state index in [-0.39, 0.29) is 11.7 Å². The lowest BCUT2D eigenvalue weighted by atomic mass is 10.0. The van der Waals surface area contributed by atoms with E-state index in [1.807, 2.05) is 17.5 Å². The van der Waals surface area contributed by atoms with Gasteiger partial charge in [-0.15, -0.1) is 11.3 Å². The normalized spacial score (nSPS) is 12.4. The molecule has 0 spiro atoms. The lowest BCUT2D eigenvalue weighted by molar-refractivity contribution is -0.384. The fourth-order valence-corrected chi connectivity index (χ4v) is 3.28. The summed E-state index contributed by atoms with van der Waals surface area (Å²) < 4.78 is 0.592. The number of pyridine rings is 1. The average molecular weight is 356 g/mol. The van der Waals surface area contributed by atoms with E-state index in [0.717, 1.165) is 4.88 Å². The van der Waals surface area contributed by atoms with Gasteiger partial charge in [-0.2, -0.15) is 0 Å². The number of halogens is 1. The van der Waals surface area contributed by atoms with E-state index in [2.05, 4.69) is 40.1 Å². The van der Waals surface area contributed by atoms with Crippen LogP contribution in [0.25, 0.3) is 0 Å². The molecule has 0 saturated heterocycles. The summed E-state index contributed by atoms with van der Waals surface area (Å²) in [5, 5.41) is 16.4. The molecule has 0 aromatic carbocycles. The molecule has 0 saturated carbocycles. The number of thiophene rings is 1. The first kappa shape index (κ1) is 14.9. The third-order valence-electron chi connectivity index (χ3n) is 2.89. The van der Waals surface area contributed by atoms with E-state index in [9.17, 15) is 10.1 Å². The summed E-state index contributed by atoms with van der Waals surface area (Å²) in [6, 6.07) is 4.03. The number of nitrogens with one attached hydrogen (secondary N) is 1. The maximum atomic E-state index is 11.1. The van der Waals surface area contributed by atoms with Gasteiger partial charge in [0.2, 0.25) is 0 Å². The Labute approximate surface area is 129 Å². The average Bonchev–Trinajstić information content (AvgIpc) is 2.90. The highest BCUT2D eigenvalue weighted by Gasteiger charge is 2.23. The second-order valence-corrected chi connectivity index (χ2v) is 6.49. The minimum absolute atomic E-state index is 0.0207. The number of rotatable bonds is 5. The molecule has 7 heteroatoms. The molecule has 0 fully saturated rings. The Morgan fingerprint density at radius 1 is 1.45 bits per heavy atom. The van der Waals surface area contributed by atoms with Crippen LogP contribution >= 0.6 is 27.3 Å². The Morgan fingerprint density at radius 2 is 2.20 bits per heavy atom. The summed E-state index contributed by atoms with van der Waals surface area (Å²) in [5.41, 5.74) is 0.443. The van der Waals surface area contributed by atoms with Crippen molar-refractivity contribution in [3.05, 3.63) is 49.4 Å². The zero-order chi connectivity index (χ0) is 14.7. The van der Waals surface area contributed by atoms with Gasteiger partial charge in [-0.25, -0.2) is 0 Å². The predicted octanol–water partition coefficient (Wildman–Crippen LogP) is 4.62. The molecule has 0 aliphatic heterocycles. The van der Waals surface area contributed by atoms with Gasteiger partial charge in [0.25, 0.3) is 0 Å². The van der Waals surface area contributed by atoms with Crippen molar-refractivity contribution in [1.82, 2.24) is 4.98 Å². The van der Waals surface area contributed by atoms with Gasteiger partial charge in [-0.05, 0) is 33.3 Å². The first-order valence-corrected chi connectivity index (χ1v) is 7.75. The van der Waals surface area contributed by atoms with Crippen LogP contribution in [0.1, 0.15) is 24.8 Å². The van der Waals surface area contributed by atoms with Crippen LogP contribution in [0, 0.1) is 16.0 Å². The number of hydrogen-bond donors (Lipinski definition) is 1. The molecule has 106 valence electrons. The molecule has 0 radical (unpaired) electrons. The topological polar surface area (TPSA) is 68.1 Å². The number of hydrogen-bond acceptors (Lipinski definition) is 5. The van der Waals surface area contributed by atoms with Gasteiger partial charge in [0, 0.05) is 11.1 Å². The minimum Gasteiger partial charge on any atom is -0.371 e. The van der Waals surface area contributed by atoms with E-state index < -0.39 is 4.92 Å². The minimum atomic E-state index is -0.425. The summed E-state index contributed by atoms with van der Waals surface area (Å²) in [6.45, 7) is 4.16.